The predicted molar refractivity (Wildman–Crippen MR) is 56.3 cm³/mol. The van der Waals surface area contributed by atoms with Crippen molar-refractivity contribution in [3.63, 3.8) is 0 Å². The van der Waals surface area contributed by atoms with E-state index in [0.717, 1.165) is 19.4 Å². The Hall–Kier alpha value is -0.150. The molecular formula is C11H22FNO. The highest BCUT2D eigenvalue weighted by atomic mass is 19.1. The third-order valence-electron chi connectivity index (χ3n) is 2.80. The fourth-order valence-electron chi connectivity index (χ4n) is 2.03. The first kappa shape index (κ1) is 11.9. The third-order valence-corrected chi connectivity index (χ3v) is 2.80. The number of hydrogen-bond donors (Lipinski definition) is 1. The minimum atomic E-state index is -0.257. The Labute approximate surface area is 86.2 Å². The highest BCUT2D eigenvalue weighted by Crippen LogP contribution is 2.21. The Balaban J connectivity index is 2.03. The maximum Gasteiger partial charge on any atom is 0.0916 e. The molecule has 0 heterocycles. The summed E-state index contributed by atoms with van der Waals surface area (Å²) in [5, 5.41) is 3.46. The maximum absolute atomic E-state index is 11.8. The molecule has 1 N–H and O–H groups in total. The molecule has 14 heavy (non-hydrogen) atoms. The van der Waals surface area contributed by atoms with E-state index in [1.54, 1.807) is 0 Å². The van der Waals surface area contributed by atoms with Crippen molar-refractivity contribution in [2.75, 3.05) is 19.8 Å². The molecule has 0 aromatic carbocycles. The van der Waals surface area contributed by atoms with E-state index in [2.05, 4.69) is 12.2 Å². The fourth-order valence-corrected chi connectivity index (χ4v) is 2.03. The van der Waals surface area contributed by atoms with Gasteiger partial charge in [-0.1, -0.05) is 6.92 Å². The van der Waals surface area contributed by atoms with Crippen LogP contribution in [-0.4, -0.2) is 32.0 Å². The zero-order valence-corrected chi connectivity index (χ0v) is 9.10. The van der Waals surface area contributed by atoms with Crippen LogP contribution in [0.4, 0.5) is 4.39 Å². The molecule has 1 rings (SSSR count). The second kappa shape index (κ2) is 7.18. The van der Waals surface area contributed by atoms with Crippen molar-refractivity contribution in [1.82, 2.24) is 5.32 Å². The molecule has 1 aliphatic rings. The Kier molecular flexibility index (Phi) is 6.12. The molecule has 2 nitrogen and oxygen atoms in total. The van der Waals surface area contributed by atoms with Gasteiger partial charge in [0.15, 0.2) is 0 Å². The van der Waals surface area contributed by atoms with E-state index in [4.69, 9.17) is 4.74 Å². The number of ether oxygens (including phenoxy) is 1. The lowest BCUT2D eigenvalue weighted by atomic mass is 9.93. The summed E-state index contributed by atoms with van der Waals surface area (Å²) in [5.41, 5.74) is 0. The van der Waals surface area contributed by atoms with Gasteiger partial charge in [0.2, 0.25) is 0 Å². The summed E-state index contributed by atoms with van der Waals surface area (Å²) in [6.45, 7) is 3.53. The minimum absolute atomic E-state index is 0.257. The van der Waals surface area contributed by atoms with Crippen molar-refractivity contribution in [1.29, 1.82) is 0 Å². The van der Waals surface area contributed by atoms with Gasteiger partial charge in [-0.25, -0.2) is 0 Å². The summed E-state index contributed by atoms with van der Waals surface area (Å²) in [4.78, 5) is 0. The van der Waals surface area contributed by atoms with Crippen molar-refractivity contribution >= 4 is 0 Å². The van der Waals surface area contributed by atoms with Crippen LogP contribution in [0.3, 0.4) is 0 Å². The number of hydrogen-bond acceptors (Lipinski definition) is 2. The zero-order chi connectivity index (χ0) is 10.2. The maximum atomic E-state index is 11.8. The summed E-state index contributed by atoms with van der Waals surface area (Å²) in [6.07, 6.45) is 5.60. The summed E-state index contributed by atoms with van der Waals surface area (Å²) in [5.74, 6) is 0. The lowest BCUT2D eigenvalue weighted by Crippen LogP contribution is -2.35. The fraction of sp³-hybridized carbons (Fsp3) is 1.00. The first-order valence-corrected chi connectivity index (χ1v) is 5.77. The first-order chi connectivity index (χ1) is 6.86. The van der Waals surface area contributed by atoms with Crippen LogP contribution in [0, 0.1) is 0 Å². The van der Waals surface area contributed by atoms with Gasteiger partial charge in [-0.3, -0.25) is 4.39 Å². The van der Waals surface area contributed by atoms with Crippen molar-refractivity contribution in [3.8, 4) is 0 Å². The molecule has 1 fully saturated rings. The second-order valence-corrected chi connectivity index (χ2v) is 3.94. The Morgan fingerprint density at radius 3 is 2.57 bits per heavy atom. The first-order valence-electron chi connectivity index (χ1n) is 5.77. The molecule has 0 saturated heterocycles. The standard InChI is InChI=1S/C11H22FNO/c1-2-13-10-4-6-11(7-5-10)14-9-3-8-12/h10-11,13H,2-9H2,1H3. The molecule has 0 amide bonds. The third kappa shape index (κ3) is 4.38. The summed E-state index contributed by atoms with van der Waals surface area (Å²) < 4.78 is 17.4. The van der Waals surface area contributed by atoms with Crippen molar-refractivity contribution in [2.45, 2.75) is 51.2 Å². The molecule has 0 spiro atoms. The molecule has 0 bridgehead atoms. The largest absolute Gasteiger partial charge is 0.378 e. The molecule has 0 aliphatic heterocycles. The Bertz CT molecular complexity index is 135. The molecule has 0 atom stereocenters. The average Bonchev–Trinajstić information content (AvgIpc) is 2.21. The molecule has 0 radical (unpaired) electrons. The van der Waals surface area contributed by atoms with Gasteiger partial charge in [0.1, 0.15) is 0 Å². The van der Waals surface area contributed by atoms with Crippen LogP contribution in [0.1, 0.15) is 39.0 Å². The van der Waals surface area contributed by atoms with E-state index in [1.165, 1.54) is 12.8 Å². The van der Waals surface area contributed by atoms with Gasteiger partial charge >= 0.3 is 0 Å². The van der Waals surface area contributed by atoms with Crippen molar-refractivity contribution in [3.05, 3.63) is 0 Å². The van der Waals surface area contributed by atoms with Crippen LogP contribution < -0.4 is 5.32 Å². The van der Waals surface area contributed by atoms with E-state index in [-0.39, 0.29) is 6.67 Å². The van der Waals surface area contributed by atoms with Gasteiger partial charge in [-0.15, -0.1) is 0 Å². The average molecular weight is 203 g/mol. The normalized spacial score (nSPS) is 27.9. The number of halogens is 1. The van der Waals surface area contributed by atoms with E-state index in [1.807, 2.05) is 0 Å². The zero-order valence-electron chi connectivity index (χ0n) is 9.10. The quantitative estimate of drug-likeness (QED) is 0.669. The molecule has 3 heteroatoms. The highest BCUT2D eigenvalue weighted by molar-refractivity contribution is 4.76. The summed E-state index contributed by atoms with van der Waals surface area (Å²) in [7, 11) is 0. The number of alkyl halides is 1. The van der Waals surface area contributed by atoms with E-state index < -0.39 is 0 Å². The molecule has 0 aromatic rings. The van der Waals surface area contributed by atoms with Crippen LogP contribution in [0.2, 0.25) is 0 Å². The van der Waals surface area contributed by atoms with Gasteiger partial charge in [0, 0.05) is 12.6 Å². The van der Waals surface area contributed by atoms with E-state index in [0.29, 0.717) is 25.2 Å². The summed E-state index contributed by atoms with van der Waals surface area (Å²) in [6, 6.07) is 0.682. The predicted octanol–water partition coefficient (Wildman–Crippen LogP) is 2.28. The van der Waals surface area contributed by atoms with Gasteiger partial charge in [-0.2, -0.15) is 0 Å². The molecule has 0 aromatic heterocycles. The molecule has 1 saturated carbocycles. The Morgan fingerprint density at radius 2 is 2.00 bits per heavy atom. The topological polar surface area (TPSA) is 21.3 Å². The monoisotopic (exact) mass is 203 g/mol. The number of rotatable bonds is 6. The van der Waals surface area contributed by atoms with Gasteiger partial charge < -0.3 is 10.1 Å². The van der Waals surface area contributed by atoms with Crippen LogP contribution in [0.5, 0.6) is 0 Å². The van der Waals surface area contributed by atoms with Crippen LogP contribution in [0.25, 0.3) is 0 Å². The Morgan fingerprint density at radius 1 is 1.29 bits per heavy atom. The second-order valence-electron chi connectivity index (χ2n) is 3.94. The number of nitrogens with one attached hydrogen (secondary N) is 1. The lowest BCUT2D eigenvalue weighted by Gasteiger charge is -2.28. The van der Waals surface area contributed by atoms with E-state index >= 15 is 0 Å². The van der Waals surface area contributed by atoms with Gasteiger partial charge in [0.25, 0.3) is 0 Å². The van der Waals surface area contributed by atoms with Crippen molar-refractivity contribution < 1.29 is 9.13 Å². The smallest absolute Gasteiger partial charge is 0.0916 e. The van der Waals surface area contributed by atoms with Gasteiger partial charge in [0.05, 0.1) is 12.8 Å². The van der Waals surface area contributed by atoms with Crippen LogP contribution in [-0.2, 0) is 4.74 Å². The molecule has 0 unspecified atom stereocenters. The van der Waals surface area contributed by atoms with E-state index in [9.17, 15) is 4.39 Å². The summed E-state index contributed by atoms with van der Waals surface area (Å²) >= 11 is 0. The lowest BCUT2D eigenvalue weighted by molar-refractivity contribution is 0.0194. The minimum Gasteiger partial charge on any atom is -0.378 e. The molecule has 84 valence electrons. The van der Waals surface area contributed by atoms with Crippen LogP contribution >= 0.6 is 0 Å². The van der Waals surface area contributed by atoms with Crippen LogP contribution in [0.15, 0.2) is 0 Å². The van der Waals surface area contributed by atoms with Crippen molar-refractivity contribution in [2.24, 2.45) is 0 Å². The molecule has 1 aliphatic carbocycles. The van der Waals surface area contributed by atoms with Gasteiger partial charge in [-0.05, 0) is 38.6 Å². The molecular weight excluding hydrogens is 181 g/mol. The highest BCUT2D eigenvalue weighted by Gasteiger charge is 2.20. The SMILES string of the molecule is CCNC1CCC(OCCCF)CC1.